The van der Waals surface area contributed by atoms with Crippen molar-refractivity contribution in [1.82, 2.24) is 0 Å². The monoisotopic (exact) mass is 675 g/mol. The topological polar surface area (TPSA) is 61.1 Å². The Labute approximate surface area is 285 Å². The Bertz CT molecular complexity index is 1640. The highest BCUT2D eigenvalue weighted by atomic mass is 32.1. The van der Waals surface area contributed by atoms with Gasteiger partial charge in [0.1, 0.15) is 11.6 Å². The molecular formula is C38H45NO2S4. The van der Waals surface area contributed by atoms with Crippen LogP contribution in [-0.2, 0) is 24.1 Å². The van der Waals surface area contributed by atoms with Crippen molar-refractivity contribution in [2.45, 2.75) is 117 Å². The normalized spacial score (nSPS) is 13.7. The molecular weight excluding hydrogens is 631 g/mol. The first kappa shape index (κ1) is 33.9. The molecule has 0 spiro atoms. The number of fused-ring (bicyclic) bond motifs is 1. The van der Waals surface area contributed by atoms with Gasteiger partial charge in [0.15, 0.2) is 0 Å². The van der Waals surface area contributed by atoms with Crippen LogP contribution in [0.4, 0.5) is 0 Å². The predicted octanol–water partition coefficient (Wildman–Crippen LogP) is 13.0. The minimum absolute atomic E-state index is 0.103. The third-order valence-electron chi connectivity index (χ3n) is 8.81. The Hall–Kier alpha value is -2.50. The fraction of sp³-hybridized carbons (Fsp3) is 0.474. The maximum Gasteiger partial charge on any atom is 0.346 e. The molecule has 0 bridgehead atoms. The minimum Gasteiger partial charge on any atom is -0.477 e. The number of aliphatic carboxylic acids is 1. The van der Waals surface area contributed by atoms with Crippen molar-refractivity contribution in [3.05, 3.63) is 62.9 Å². The lowest BCUT2D eigenvalue weighted by molar-refractivity contribution is -0.132. The van der Waals surface area contributed by atoms with Crippen molar-refractivity contribution in [2.24, 2.45) is 0 Å². The smallest absolute Gasteiger partial charge is 0.346 e. The van der Waals surface area contributed by atoms with Crippen LogP contribution in [0.1, 0.15) is 119 Å². The van der Waals surface area contributed by atoms with Crippen LogP contribution in [-0.4, -0.2) is 11.1 Å². The number of thiophene rings is 4. The summed E-state index contributed by atoms with van der Waals surface area (Å²) in [5, 5.41) is 21.4. The van der Waals surface area contributed by atoms with Crippen LogP contribution in [0.15, 0.2) is 41.3 Å². The molecule has 3 nitrogen and oxygen atoms in total. The highest BCUT2D eigenvalue weighted by Gasteiger charge is 2.27. The summed E-state index contributed by atoms with van der Waals surface area (Å²) in [5.41, 5.74) is 4.72. The Morgan fingerprint density at radius 2 is 1.31 bits per heavy atom. The number of nitriles is 1. The number of carbonyl (C=O) groups is 1. The van der Waals surface area contributed by atoms with Gasteiger partial charge in [0.25, 0.3) is 0 Å². The van der Waals surface area contributed by atoms with Crippen LogP contribution >= 0.6 is 45.3 Å². The van der Waals surface area contributed by atoms with E-state index >= 15 is 0 Å². The summed E-state index contributed by atoms with van der Waals surface area (Å²) in [7, 11) is 0. The number of hydrogen-bond donors (Lipinski definition) is 1. The highest BCUT2D eigenvalue weighted by Crippen LogP contribution is 2.49. The van der Waals surface area contributed by atoms with Crippen LogP contribution in [0.2, 0.25) is 0 Å². The Balaban J connectivity index is 1.38. The molecule has 4 aromatic rings. The molecule has 0 saturated carbocycles. The number of rotatable bonds is 18. The Morgan fingerprint density at radius 3 is 1.98 bits per heavy atom. The maximum absolute atomic E-state index is 11.7. The van der Waals surface area contributed by atoms with Crippen LogP contribution < -0.4 is 0 Å². The summed E-state index contributed by atoms with van der Waals surface area (Å²) >= 11 is 7.35. The summed E-state index contributed by atoms with van der Waals surface area (Å²) in [6.07, 6.45) is 19.3. The number of aryl methyl sites for hydroxylation is 3. The quantitative estimate of drug-likeness (QED) is 0.0648. The number of carboxylic acid groups (broad SMARTS) is 1. The number of nitrogens with zero attached hydrogens (tertiary/aromatic N) is 1. The number of hydrogen-bond acceptors (Lipinski definition) is 6. The van der Waals surface area contributed by atoms with E-state index in [-0.39, 0.29) is 5.57 Å². The van der Waals surface area contributed by atoms with E-state index in [1.165, 1.54) is 129 Å². The molecule has 4 heterocycles. The van der Waals surface area contributed by atoms with Gasteiger partial charge in [0.2, 0.25) is 0 Å². The molecule has 1 aliphatic carbocycles. The first-order chi connectivity index (χ1) is 22.0. The summed E-state index contributed by atoms with van der Waals surface area (Å²) in [6.45, 7) is 4.54. The van der Waals surface area contributed by atoms with Crippen molar-refractivity contribution in [3.8, 4) is 35.3 Å². The predicted molar refractivity (Wildman–Crippen MR) is 197 cm³/mol. The summed E-state index contributed by atoms with van der Waals surface area (Å²) in [4.78, 5) is 20.7. The van der Waals surface area contributed by atoms with Gasteiger partial charge in [-0.05, 0) is 96.5 Å². The summed E-state index contributed by atoms with van der Waals surface area (Å²) in [6, 6.07) is 13.6. The third-order valence-corrected chi connectivity index (χ3v) is 13.8. The molecule has 4 aromatic heterocycles. The van der Waals surface area contributed by atoms with Crippen molar-refractivity contribution >= 4 is 56.9 Å². The van der Waals surface area contributed by atoms with E-state index < -0.39 is 5.97 Å². The van der Waals surface area contributed by atoms with Gasteiger partial charge in [0, 0.05) is 34.1 Å². The van der Waals surface area contributed by atoms with Crippen LogP contribution in [0.25, 0.3) is 34.8 Å². The van der Waals surface area contributed by atoms with Gasteiger partial charge in [-0.2, -0.15) is 5.26 Å². The average molecular weight is 676 g/mol. The van der Waals surface area contributed by atoms with Gasteiger partial charge >= 0.3 is 5.97 Å². The molecule has 0 unspecified atom stereocenters. The van der Waals surface area contributed by atoms with E-state index in [2.05, 4.69) is 49.6 Å². The second kappa shape index (κ2) is 16.9. The van der Waals surface area contributed by atoms with Crippen LogP contribution in [0, 0.1) is 11.3 Å². The lowest BCUT2D eigenvalue weighted by Gasteiger charge is -2.04. The fourth-order valence-corrected chi connectivity index (χ4v) is 11.2. The van der Waals surface area contributed by atoms with Crippen molar-refractivity contribution < 1.29 is 9.90 Å². The number of allylic oxidation sites excluding steroid dienone is 1. The van der Waals surface area contributed by atoms with E-state index in [9.17, 15) is 15.2 Å². The van der Waals surface area contributed by atoms with E-state index in [1.807, 2.05) is 40.1 Å². The van der Waals surface area contributed by atoms with Gasteiger partial charge in [-0.15, -0.1) is 45.3 Å². The van der Waals surface area contributed by atoms with E-state index in [0.717, 1.165) is 17.7 Å². The standard InChI is InChI=1S/C38H45NO2S4/c1-3-5-7-9-11-13-15-26-21-22-42-36(26)31-19-20-32(43-31)37-27(16-14-12-10-8-6-4-2)23-34(45-37)33-24-28-17-18-29(35(28)44-33)30(25-39)38(40)41/h19-24H,3-18H2,1-2H3,(H,40,41)/b30-29+. The molecule has 1 N–H and O–H groups in total. The molecule has 5 rings (SSSR count). The molecule has 0 aliphatic heterocycles. The highest BCUT2D eigenvalue weighted by molar-refractivity contribution is 7.28. The molecule has 0 aromatic carbocycles. The number of unbranched alkanes of at least 4 members (excludes halogenated alkanes) is 10. The lowest BCUT2D eigenvalue weighted by atomic mass is 10.0. The van der Waals surface area contributed by atoms with Crippen LogP contribution in [0.3, 0.4) is 0 Å². The lowest BCUT2D eigenvalue weighted by Crippen LogP contribution is -2.00. The molecule has 0 fully saturated rings. The SMILES string of the molecule is CCCCCCCCc1ccsc1-c1ccc(-c2sc(-c3cc4c(s3)/C(=C(\C#N)C(=O)O)CC4)cc2CCCCCCCC)s1. The largest absolute Gasteiger partial charge is 0.477 e. The third kappa shape index (κ3) is 8.46. The Morgan fingerprint density at radius 1 is 0.711 bits per heavy atom. The van der Waals surface area contributed by atoms with Crippen molar-refractivity contribution in [2.75, 3.05) is 0 Å². The molecule has 1 aliphatic rings. The molecule has 0 saturated heterocycles. The van der Waals surface area contributed by atoms with Gasteiger partial charge in [-0.3, -0.25) is 0 Å². The summed E-state index contributed by atoms with van der Waals surface area (Å²) < 4.78 is 0. The number of carboxylic acids is 1. The summed E-state index contributed by atoms with van der Waals surface area (Å²) in [5.74, 6) is -1.12. The van der Waals surface area contributed by atoms with Gasteiger partial charge in [-0.25, -0.2) is 4.79 Å². The molecule has 0 radical (unpaired) electrons. The second-order valence-corrected chi connectivity index (χ2v) is 16.3. The second-order valence-electron chi connectivity index (χ2n) is 12.2. The molecule has 45 heavy (non-hydrogen) atoms. The minimum atomic E-state index is -1.12. The van der Waals surface area contributed by atoms with Crippen LogP contribution in [0.5, 0.6) is 0 Å². The molecule has 0 atom stereocenters. The van der Waals surface area contributed by atoms with E-state index in [0.29, 0.717) is 12.0 Å². The molecule has 7 heteroatoms. The zero-order valence-electron chi connectivity index (χ0n) is 26.7. The van der Waals surface area contributed by atoms with Crippen molar-refractivity contribution in [3.63, 3.8) is 0 Å². The molecule has 238 valence electrons. The first-order valence-electron chi connectivity index (χ1n) is 16.8. The van der Waals surface area contributed by atoms with Gasteiger partial charge < -0.3 is 5.11 Å². The fourth-order valence-electron chi connectivity index (χ4n) is 6.31. The maximum atomic E-state index is 11.7. The Kier molecular flexibility index (Phi) is 12.7. The van der Waals surface area contributed by atoms with E-state index in [1.54, 1.807) is 11.3 Å². The van der Waals surface area contributed by atoms with Gasteiger partial charge in [-0.1, -0.05) is 78.1 Å². The first-order valence-corrected chi connectivity index (χ1v) is 20.2. The van der Waals surface area contributed by atoms with Crippen molar-refractivity contribution in [1.29, 1.82) is 5.26 Å². The zero-order valence-corrected chi connectivity index (χ0v) is 30.0. The van der Waals surface area contributed by atoms with E-state index in [4.69, 9.17) is 0 Å². The zero-order chi connectivity index (χ0) is 31.6. The van der Waals surface area contributed by atoms with Gasteiger partial charge in [0.05, 0.1) is 0 Å². The average Bonchev–Trinajstić information content (AvgIpc) is 3.86. The molecule has 0 amide bonds.